The van der Waals surface area contributed by atoms with Gasteiger partial charge in [0.2, 0.25) is 5.91 Å². The van der Waals surface area contributed by atoms with Gasteiger partial charge in [0.05, 0.1) is 11.1 Å². The number of fused-ring (bicyclic) bond motifs is 1. The summed E-state index contributed by atoms with van der Waals surface area (Å²) in [5, 5.41) is 5.26. The quantitative estimate of drug-likeness (QED) is 0.595. The summed E-state index contributed by atoms with van der Waals surface area (Å²) in [6.07, 6.45) is 0. The molecule has 0 saturated heterocycles. The summed E-state index contributed by atoms with van der Waals surface area (Å²) in [7, 11) is 0. The molecule has 4 amide bonds. The Hall–Kier alpha value is -3.48. The van der Waals surface area contributed by atoms with Gasteiger partial charge in [0.15, 0.2) is 0 Å². The van der Waals surface area contributed by atoms with E-state index in [-0.39, 0.29) is 25.5 Å². The maximum absolute atomic E-state index is 12.2. The third kappa shape index (κ3) is 3.61. The van der Waals surface area contributed by atoms with Crippen molar-refractivity contribution in [3.8, 4) is 0 Å². The molecule has 0 atom stereocenters. The van der Waals surface area contributed by atoms with Crippen LogP contribution in [0.2, 0.25) is 0 Å². The maximum atomic E-state index is 12.2. The van der Waals surface area contributed by atoms with Gasteiger partial charge < -0.3 is 10.6 Å². The van der Waals surface area contributed by atoms with E-state index >= 15 is 0 Å². The Morgan fingerprint density at radius 2 is 1.31 bits per heavy atom. The lowest BCUT2D eigenvalue weighted by Gasteiger charge is -2.13. The number of hydrogen-bond donors (Lipinski definition) is 2. The van der Waals surface area contributed by atoms with E-state index in [0.29, 0.717) is 16.7 Å². The Balaban J connectivity index is 1.45. The monoisotopic (exact) mass is 351 g/mol. The normalized spacial score (nSPS) is 12.7. The Kier molecular flexibility index (Phi) is 5.07. The molecule has 26 heavy (non-hydrogen) atoms. The number of nitrogens with one attached hydrogen (secondary N) is 2. The van der Waals surface area contributed by atoms with Crippen molar-refractivity contribution < 1.29 is 19.2 Å². The molecule has 0 spiro atoms. The number of imide groups is 1. The van der Waals surface area contributed by atoms with E-state index in [0.717, 1.165) is 4.90 Å². The molecule has 0 aliphatic carbocycles. The molecule has 0 aromatic heterocycles. The molecule has 3 rings (SSSR count). The number of nitrogens with zero attached hydrogens (tertiary/aromatic N) is 1. The fraction of sp³-hybridized carbons (Fsp3) is 0.158. The third-order valence-electron chi connectivity index (χ3n) is 3.95. The van der Waals surface area contributed by atoms with Crippen LogP contribution in [-0.4, -0.2) is 48.2 Å². The highest BCUT2D eigenvalue weighted by molar-refractivity contribution is 6.22. The molecular formula is C19H17N3O4. The molecule has 1 heterocycles. The van der Waals surface area contributed by atoms with Crippen molar-refractivity contribution in [3.05, 3.63) is 71.3 Å². The highest BCUT2D eigenvalue weighted by Crippen LogP contribution is 2.21. The largest absolute Gasteiger partial charge is 0.353 e. The molecule has 1 aliphatic heterocycles. The fourth-order valence-electron chi connectivity index (χ4n) is 2.65. The SMILES string of the molecule is O=C(CN1C(=O)c2ccccc2C1=O)NCCNC(=O)c1ccccc1. The van der Waals surface area contributed by atoms with Crippen LogP contribution in [0.15, 0.2) is 54.6 Å². The average Bonchev–Trinajstić information content (AvgIpc) is 2.91. The minimum absolute atomic E-state index is 0.195. The minimum atomic E-state index is -0.474. The smallest absolute Gasteiger partial charge is 0.262 e. The van der Waals surface area contributed by atoms with E-state index in [1.807, 2.05) is 6.07 Å². The van der Waals surface area contributed by atoms with E-state index in [9.17, 15) is 19.2 Å². The number of rotatable bonds is 6. The first-order valence-electron chi connectivity index (χ1n) is 8.13. The van der Waals surface area contributed by atoms with Crippen LogP contribution in [0.4, 0.5) is 0 Å². The Morgan fingerprint density at radius 1 is 0.769 bits per heavy atom. The molecule has 0 fully saturated rings. The van der Waals surface area contributed by atoms with Crippen molar-refractivity contribution >= 4 is 23.6 Å². The zero-order valence-corrected chi connectivity index (χ0v) is 13.9. The molecule has 1 aliphatic rings. The van der Waals surface area contributed by atoms with Gasteiger partial charge >= 0.3 is 0 Å². The standard InChI is InChI=1S/C19H17N3O4/c23-16(20-10-11-21-17(24)13-6-2-1-3-7-13)12-22-18(25)14-8-4-5-9-15(14)19(22)26/h1-9H,10-12H2,(H,20,23)(H,21,24). The van der Waals surface area contributed by atoms with E-state index in [1.54, 1.807) is 48.5 Å². The van der Waals surface area contributed by atoms with Gasteiger partial charge in [-0.2, -0.15) is 0 Å². The van der Waals surface area contributed by atoms with Crippen LogP contribution in [0.1, 0.15) is 31.1 Å². The van der Waals surface area contributed by atoms with Crippen molar-refractivity contribution in [2.45, 2.75) is 0 Å². The van der Waals surface area contributed by atoms with Crippen LogP contribution in [0, 0.1) is 0 Å². The van der Waals surface area contributed by atoms with E-state index < -0.39 is 17.7 Å². The van der Waals surface area contributed by atoms with Gasteiger partial charge in [-0.25, -0.2) is 0 Å². The first kappa shape index (κ1) is 17.3. The summed E-state index contributed by atoms with van der Waals surface area (Å²) in [5.41, 5.74) is 1.14. The second kappa shape index (κ2) is 7.60. The average molecular weight is 351 g/mol. The fourth-order valence-corrected chi connectivity index (χ4v) is 2.65. The Bertz CT molecular complexity index is 829. The highest BCUT2D eigenvalue weighted by atomic mass is 16.2. The predicted molar refractivity (Wildman–Crippen MR) is 93.6 cm³/mol. The van der Waals surface area contributed by atoms with Crippen LogP contribution >= 0.6 is 0 Å². The summed E-state index contributed by atoms with van der Waals surface area (Å²) in [4.78, 5) is 49.1. The molecule has 2 aromatic rings. The summed E-state index contributed by atoms with van der Waals surface area (Å²) >= 11 is 0. The number of carbonyl (C=O) groups excluding carboxylic acids is 4. The van der Waals surface area contributed by atoms with Crippen LogP contribution in [0.25, 0.3) is 0 Å². The Labute approximate surface area is 150 Å². The lowest BCUT2D eigenvalue weighted by molar-refractivity contribution is -0.121. The second-order valence-corrected chi connectivity index (χ2v) is 5.71. The molecular weight excluding hydrogens is 334 g/mol. The summed E-state index contributed by atoms with van der Waals surface area (Å²) < 4.78 is 0. The van der Waals surface area contributed by atoms with Crippen molar-refractivity contribution in [2.24, 2.45) is 0 Å². The van der Waals surface area contributed by atoms with E-state index in [2.05, 4.69) is 10.6 Å². The first-order chi connectivity index (χ1) is 12.6. The first-order valence-corrected chi connectivity index (χ1v) is 8.13. The molecule has 0 bridgehead atoms. The van der Waals surface area contributed by atoms with Crippen molar-refractivity contribution in [3.63, 3.8) is 0 Å². The molecule has 7 nitrogen and oxygen atoms in total. The van der Waals surface area contributed by atoms with E-state index in [1.165, 1.54) is 0 Å². The van der Waals surface area contributed by atoms with Gasteiger partial charge in [-0.3, -0.25) is 24.1 Å². The number of amides is 4. The maximum Gasteiger partial charge on any atom is 0.262 e. The topological polar surface area (TPSA) is 95.6 Å². The summed E-state index contributed by atoms with van der Waals surface area (Å²) in [5.74, 6) is -1.65. The van der Waals surface area contributed by atoms with E-state index in [4.69, 9.17) is 0 Å². The van der Waals surface area contributed by atoms with Gasteiger partial charge in [-0.05, 0) is 24.3 Å². The van der Waals surface area contributed by atoms with Crippen molar-refractivity contribution in [1.29, 1.82) is 0 Å². The van der Waals surface area contributed by atoms with Gasteiger partial charge in [-0.15, -0.1) is 0 Å². The molecule has 7 heteroatoms. The van der Waals surface area contributed by atoms with Gasteiger partial charge in [0, 0.05) is 18.7 Å². The van der Waals surface area contributed by atoms with Gasteiger partial charge in [-0.1, -0.05) is 30.3 Å². The van der Waals surface area contributed by atoms with Gasteiger partial charge in [0.1, 0.15) is 6.54 Å². The predicted octanol–water partition coefficient (Wildman–Crippen LogP) is 0.829. The minimum Gasteiger partial charge on any atom is -0.353 e. The number of hydrogen-bond acceptors (Lipinski definition) is 4. The summed E-state index contributed by atoms with van der Waals surface area (Å²) in [6.45, 7) is 0.0845. The lowest BCUT2D eigenvalue weighted by atomic mass is 10.1. The Morgan fingerprint density at radius 3 is 1.92 bits per heavy atom. The molecule has 0 radical (unpaired) electrons. The molecule has 0 unspecified atom stereocenters. The molecule has 132 valence electrons. The van der Waals surface area contributed by atoms with Crippen LogP contribution in [0.5, 0.6) is 0 Å². The highest BCUT2D eigenvalue weighted by Gasteiger charge is 2.36. The number of benzene rings is 2. The van der Waals surface area contributed by atoms with Gasteiger partial charge in [0.25, 0.3) is 17.7 Å². The van der Waals surface area contributed by atoms with Crippen LogP contribution in [0.3, 0.4) is 0 Å². The van der Waals surface area contributed by atoms with Crippen LogP contribution in [-0.2, 0) is 4.79 Å². The zero-order chi connectivity index (χ0) is 18.5. The van der Waals surface area contributed by atoms with Crippen LogP contribution < -0.4 is 10.6 Å². The number of carbonyl (C=O) groups is 4. The molecule has 0 saturated carbocycles. The summed E-state index contributed by atoms with van der Waals surface area (Å²) in [6, 6.07) is 15.2. The lowest BCUT2D eigenvalue weighted by Crippen LogP contribution is -2.42. The molecule has 2 N–H and O–H groups in total. The zero-order valence-electron chi connectivity index (χ0n) is 13.9. The van der Waals surface area contributed by atoms with Crippen molar-refractivity contribution in [1.82, 2.24) is 15.5 Å². The third-order valence-corrected chi connectivity index (χ3v) is 3.95. The second-order valence-electron chi connectivity index (χ2n) is 5.71. The van der Waals surface area contributed by atoms with Crippen molar-refractivity contribution in [2.75, 3.05) is 19.6 Å². The molecule has 2 aromatic carbocycles.